The molecule has 0 fully saturated rings. The molecule has 0 aliphatic heterocycles. The number of anilines is 1. The van der Waals surface area contributed by atoms with Crippen LogP contribution in [0.4, 0.5) is 5.69 Å². The quantitative estimate of drug-likeness (QED) is 0.778. The zero-order valence-corrected chi connectivity index (χ0v) is 12.2. The number of aromatic nitrogens is 2. The Balaban J connectivity index is 1.54. The van der Waals surface area contributed by atoms with E-state index in [1.165, 1.54) is 6.26 Å². The average Bonchev–Trinajstić information content (AvgIpc) is 3.18. The maximum Gasteiger partial charge on any atom is 0.238 e. The van der Waals surface area contributed by atoms with Gasteiger partial charge in [-0.15, -0.1) is 0 Å². The van der Waals surface area contributed by atoms with Crippen LogP contribution in [-0.4, -0.2) is 16.0 Å². The molecule has 0 bridgehead atoms. The molecule has 7 heteroatoms. The number of nitrogens with zero attached hydrogens (tertiary/aromatic N) is 2. The van der Waals surface area contributed by atoms with Crippen molar-refractivity contribution in [3.63, 3.8) is 0 Å². The molecule has 3 rings (SSSR count). The van der Waals surface area contributed by atoms with Crippen LogP contribution in [0.1, 0.15) is 12.3 Å². The number of rotatable bonds is 5. The van der Waals surface area contributed by atoms with Crippen molar-refractivity contribution in [2.45, 2.75) is 12.8 Å². The first-order chi connectivity index (χ1) is 10.7. The van der Waals surface area contributed by atoms with E-state index < -0.39 is 0 Å². The monoisotopic (exact) mass is 317 g/mol. The Kier molecular flexibility index (Phi) is 4.20. The summed E-state index contributed by atoms with van der Waals surface area (Å²) in [6, 6.07) is 10.4. The van der Waals surface area contributed by atoms with Crippen molar-refractivity contribution in [3.05, 3.63) is 53.6 Å². The number of carbonyl (C=O) groups is 1. The van der Waals surface area contributed by atoms with E-state index in [0.29, 0.717) is 34.6 Å². The first-order valence-electron chi connectivity index (χ1n) is 6.62. The molecule has 0 saturated carbocycles. The van der Waals surface area contributed by atoms with Crippen LogP contribution >= 0.6 is 11.6 Å². The molecule has 0 radical (unpaired) electrons. The van der Waals surface area contributed by atoms with Gasteiger partial charge in [0.25, 0.3) is 0 Å². The Morgan fingerprint density at radius 3 is 2.77 bits per heavy atom. The molecule has 112 valence electrons. The fourth-order valence-electron chi connectivity index (χ4n) is 1.84. The van der Waals surface area contributed by atoms with Crippen LogP contribution < -0.4 is 5.32 Å². The molecule has 22 heavy (non-hydrogen) atoms. The van der Waals surface area contributed by atoms with E-state index in [0.717, 1.165) is 0 Å². The largest absolute Gasteiger partial charge is 0.461 e. The summed E-state index contributed by atoms with van der Waals surface area (Å²) in [7, 11) is 0. The number of halogens is 1. The maximum atomic E-state index is 11.9. The summed E-state index contributed by atoms with van der Waals surface area (Å²) in [4.78, 5) is 16.0. The minimum absolute atomic E-state index is 0.139. The third-order valence-electron chi connectivity index (χ3n) is 2.90. The van der Waals surface area contributed by atoms with Crippen molar-refractivity contribution in [2.75, 3.05) is 5.32 Å². The van der Waals surface area contributed by atoms with Gasteiger partial charge in [-0.25, -0.2) is 0 Å². The SMILES string of the molecule is O=C(CCc1nc(-c2ccco2)no1)Nc1ccc(Cl)cc1. The first kappa shape index (κ1) is 14.3. The van der Waals surface area contributed by atoms with Gasteiger partial charge in [0.05, 0.1) is 6.26 Å². The predicted octanol–water partition coefficient (Wildman–Crippen LogP) is 3.55. The van der Waals surface area contributed by atoms with Crippen molar-refractivity contribution in [2.24, 2.45) is 0 Å². The number of furan rings is 1. The molecular weight excluding hydrogens is 306 g/mol. The third-order valence-corrected chi connectivity index (χ3v) is 3.16. The second-order valence-corrected chi connectivity index (χ2v) is 4.98. The summed E-state index contributed by atoms with van der Waals surface area (Å²) >= 11 is 5.79. The van der Waals surface area contributed by atoms with Gasteiger partial charge in [0, 0.05) is 23.6 Å². The zero-order chi connectivity index (χ0) is 15.4. The van der Waals surface area contributed by atoms with Gasteiger partial charge in [-0.2, -0.15) is 4.98 Å². The van der Waals surface area contributed by atoms with Crippen molar-refractivity contribution in [1.29, 1.82) is 0 Å². The van der Waals surface area contributed by atoms with Gasteiger partial charge in [-0.05, 0) is 36.4 Å². The number of hydrogen-bond acceptors (Lipinski definition) is 5. The van der Waals surface area contributed by atoms with Gasteiger partial charge in [0.2, 0.25) is 17.6 Å². The summed E-state index contributed by atoms with van der Waals surface area (Å²) in [5, 5.41) is 7.19. The minimum Gasteiger partial charge on any atom is -0.461 e. The molecule has 3 aromatic rings. The van der Waals surface area contributed by atoms with Crippen molar-refractivity contribution >= 4 is 23.2 Å². The predicted molar refractivity (Wildman–Crippen MR) is 80.4 cm³/mol. The molecule has 1 aromatic carbocycles. The molecule has 1 N–H and O–H groups in total. The van der Waals surface area contributed by atoms with Crippen molar-refractivity contribution in [3.8, 4) is 11.6 Å². The van der Waals surface area contributed by atoms with Crippen LogP contribution in [0.3, 0.4) is 0 Å². The molecular formula is C15H12ClN3O3. The highest BCUT2D eigenvalue weighted by Crippen LogP contribution is 2.17. The van der Waals surface area contributed by atoms with E-state index in [2.05, 4.69) is 15.5 Å². The number of carbonyl (C=O) groups excluding carboxylic acids is 1. The smallest absolute Gasteiger partial charge is 0.238 e. The van der Waals surface area contributed by atoms with Crippen LogP contribution in [-0.2, 0) is 11.2 Å². The van der Waals surface area contributed by atoms with Crippen molar-refractivity contribution in [1.82, 2.24) is 10.1 Å². The standard InChI is InChI=1S/C15H12ClN3O3/c16-10-3-5-11(6-4-10)17-13(20)7-8-14-18-15(19-22-14)12-2-1-9-21-12/h1-6,9H,7-8H2,(H,17,20). The minimum atomic E-state index is -0.139. The summed E-state index contributed by atoms with van der Waals surface area (Å²) in [5.74, 6) is 1.15. The summed E-state index contributed by atoms with van der Waals surface area (Å²) in [6.07, 6.45) is 2.13. The molecule has 2 heterocycles. The van der Waals surface area contributed by atoms with E-state index in [9.17, 15) is 4.79 Å². The van der Waals surface area contributed by atoms with Gasteiger partial charge in [0.1, 0.15) is 0 Å². The van der Waals surface area contributed by atoms with E-state index in [-0.39, 0.29) is 12.3 Å². The lowest BCUT2D eigenvalue weighted by molar-refractivity contribution is -0.116. The Bertz CT molecular complexity index is 751. The molecule has 2 aromatic heterocycles. The number of aryl methyl sites for hydroxylation is 1. The van der Waals surface area contributed by atoms with E-state index >= 15 is 0 Å². The Hall–Kier alpha value is -2.60. The number of hydrogen-bond donors (Lipinski definition) is 1. The maximum absolute atomic E-state index is 11.9. The highest BCUT2D eigenvalue weighted by atomic mass is 35.5. The molecule has 0 saturated heterocycles. The Morgan fingerprint density at radius 1 is 1.23 bits per heavy atom. The van der Waals surface area contributed by atoms with Crippen LogP contribution in [0.2, 0.25) is 5.02 Å². The summed E-state index contributed by atoms with van der Waals surface area (Å²) in [6.45, 7) is 0. The molecule has 6 nitrogen and oxygen atoms in total. The zero-order valence-electron chi connectivity index (χ0n) is 11.5. The van der Waals surface area contributed by atoms with Gasteiger partial charge in [-0.3, -0.25) is 4.79 Å². The van der Waals surface area contributed by atoms with E-state index in [1.807, 2.05) is 0 Å². The molecule has 0 spiro atoms. The first-order valence-corrected chi connectivity index (χ1v) is 7.00. The van der Waals surface area contributed by atoms with Gasteiger partial charge >= 0.3 is 0 Å². The average molecular weight is 318 g/mol. The van der Waals surface area contributed by atoms with Crippen LogP contribution in [0.5, 0.6) is 0 Å². The Labute approximate surface area is 131 Å². The number of amides is 1. The topological polar surface area (TPSA) is 81.2 Å². The van der Waals surface area contributed by atoms with Crippen molar-refractivity contribution < 1.29 is 13.7 Å². The van der Waals surface area contributed by atoms with Crippen LogP contribution in [0.15, 0.2) is 51.6 Å². The highest BCUT2D eigenvalue weighted by Gasteiger charge is 2.12. The van der Waals surface area contributed by atoms with E-state index in [4.69, 9.17) is 20.5 Å². The molecule has 1 amide bonds. The van der Waals surface area contributed by atoms with Gasteiger partial charge in [-0.1, -0.05) is 16.8 Å². The summed E-state index contributed by atoms with van der Waals surface area (Å²) < 4.78 is 10.3. The molecule has 0 aliphatic carbocycles. The molecule has 0 aliphatic rings. The fourth-order valence-corrected chi connectivity index (χ4v) is 1.97. The van der Waals surface area contributed by atoms with E-state index in [1.54, 1.807) is 36.4 Å². The second-order valence-electron chi connectivity index (χ2n) is 4.54. The lowest BCUT2D eigenvalue weighted by Gasteiger charge is -2.03. The van der Waals surface area contributed by atoms with Crippen LogP contribution in [0, 0.1) is 0 Å². The second kappa shape index (κ2) is 6.44. The summed E-state index contributed by atoms with van der Waals surface area (Å²) in [5.41, 5.74) is 0.691. The van der Waals surface area contributed by atoms with Crippen LogP contribution in [0.25, 0.3) is 11.6 Å². The van der Waals surface area contributed by atoms with Gasteiger partial charge < -0.3 is 14.3 Å². The number of nitrogens with one attached hydrogen (secondary N) is 1. The lowest BCUT2D eigenvalue weighted by Crippen LogP contribution is -2.12. The fraction of sp³-hybridized carbons (Fsp3) is 0.133. The third kappa shape index (κ3) is 3.53. The molecule has 0 unspecified atom stereocenters. The highest BCUT2D eigenvalue weighted by molar-refractivity contribution is 6.30. The lowest BCUT2D eigenvalue weighted by atomic mass is 10.2. The Morgan fingerprint density at radius 2 is 2.05 bits per heavy atom. The van der Waals surface area contributed by atoms with Gasteiger partial charge in [0.15, 0.2) is 5.76 Å². The normalized spacial score (nSPS) is 10.6. The molecule has 0 atom stereocenters. The number of benzene rings is 1.